The average molecular weight is 549 g/mol. The van der Waals surface area contributed by atoms with Crippen molar-refractivity contribution in [1.82, 2.24) is 9.13 Å². The van der Waals surface area contributed by atoms with E-state index in [4.69, 9.17) is 4.99 Å². The van der Waals surface area contributed by atoms with Gasteiger partial charge in [-0.1, -0.05) is 65.9 Å². The number of amides is 1. The summed E-state index contributed by atoms with van der Waals surface area (Å²) in [4.78, 5) is 32.8. The molecule has 1 aliphatic rings. The molecule has 0 spiro atoms. The maximum atomic E-state index is 14.0. The Labute approximate surface area is 233 Å². The maximum Gasteiger partial charge on any atom is 0.271 e. The van der Waals surface area contributed by atoms with Crippen molar-refractivity contribution in [2.45, 2.75) is 19.5 Å². The highest BCUT2D eigenvalue weighted by Crippen LogP contribution is 2.31. The van der Waals surface area contributed by atoms with E-state index in [9.17, 15) is 14.0 Å². The Balaban J connectivity index is 1.53. The number of carbonyl (C=O) groups excluding carboxylic acids is 1. The molecule has 8 heteroatoms. The fourth-order valence-electron chi connectivity index (χ4n) is 5.11. The molecule has 1 aliphatic heterocycles. The Morgan fingerprint density at radius 3 is 2.55 bits per heavy atom. The lowest BCUT2D eigenvalue weighted by Crippen LogP contribution is -2.40. The van der Waals surface area contributed by atoms with Crippen molar-refractivity contribution in [2.75, 3.05) is 5.32 Å². The molecule has 0 fully saturated rings. The average Bonchev–Trinajstić information content (AvgIpc) is 3.45. The first-order chi connectivity index (χ1) is 19.4. The molecular formula is C32H25FN4O2S. The molecule has 6 nitrogen and oxygen atoms in total. The summed E-state index contributed by atoms with van der Waals surface area (Å²) >= 11 is 1.27. The monoisotopic (exact) mass is 548 g/mol. The number of halogens is 1. The second-order valence-corrected chi connectivity index (χ2v) is 10.5. The molecule has 1 amide bonds. The van der Waals surface area contributed by atoms with Crippen LogP contribution >= 0.6 is 11.3 Å². The third-order valence-corrected chi connectivity index (χ3v) is 7.90. The second-order valence-electron chi connectivity index (χ2n) is 9.50. The van der Waals surface area contributed by atoms with Crippen molar-refractivity contribution in [3.05, 3.63) is 146 Å². The highest BCUT2D eigenvalue weighted by Gasteiger charge is 2.32. The van der Waals surface area contributed by atoms with Crippen molar-refractivity contribution in [3.8, 4) is 0 Å². The van der Waals surface area contributed by atoms with Gasteiger partial charge in [0, 0.05) is 34.9 Å². The van der Waals surface area contributed by atoms with Crippen LogP contribution in [0.15, 0.2) is 119 Å². The Kier molecular flexibility index (Phi) is 6.61. The fraction of sp³-hybridized carbons (Fsp3) is 0.0938. The van der Waals surface area contributed by atoms with Crippen LogP contribution < -0.4 is 20.2 Å². The lowest BCUT2D eigenvalue weighted by atomic mass is 9.95. The predicted octanol–water partition coefficient (Wildman–Crippen LogP) is 5.15. The molecule has 0 saturated carbocycles. The van der Waals surface area contributed by atoms with Gasteiger partial charge in [0.25, 0.3) is 11.5 Å². The number of hydrogen-bond donors (Lipinski definition) is 1. The number of benzene rings is 3. The highest BCUT2D eigenvalue weighted by molar-refractivity contribution is 7.07. The van der Waals surface area contributed by atoms with E-state index >= 15 is 0 Å². The van der Waals surface area contributed by atoms with Crippen molar-refractivity contribution in [2.24, 2.45) is 4.99 Å². The van der Waals surface area contributed by atoms with Crippen LogP contribution in [0, 0.1) is 5.82 Å². The number of anilines is 1. The van der Waals surface area contributed by atoms with Gasteiger partial charge in [0.1, 0.15) is 5.82 Å². The topological polar surface area (TPSA) is 68.4 Å². The van der Waals surface area contributed by atoms with Crippen molar-refractivity contribution in [3.63, 3.8) is 0 Å². The summed E-state index contributed by atoms with van der Waals surface area (Å²) in [5.41, 5.74) is 3.75. The van der Waals surface area contributed by atoms with Gasteiger partial charge in [-0.3, -0.25) is 14.2 Å². The van der Waals surface area contributed by atoms with Crippen LogP contribution in [0.2, 0.25) is 0 Å². The van der Waals surface area contributed by atoms with Crippen LogP contribution in [0.5, 0.6) is 0 Å². The number of para-hydroxylation sites is 2. The van der Waals surface area contributed by atoms with Gasteiger partial charge in [0.2, 0.25) is 0 Å². The number of thiazole rings is 1. The largest absolute Gasteiger partial charge is 0.343 e. The molecule has 6 rings (SSSR count). The van der Waals surface area contributed by atoms with Crippen molar-refractivity contribution >= 4 is 39.9 Å². The molecule has 40 heavy (non-hydrogen) atoms. The number of aromatic nitrogens is 2. The van der Waals surface area contributed by atoms with Gasteiger partial charge in [-0.15, -0.1) is 6.58 Å². The molecule has 0 aliphatic carbocycles. The molecule has 5 aromatic rings. The van der Waals surface area contributed by atoms with E-state index in [1.165, 1.54) is 23.5 Å². The zero-order valence-corrected chi connectivity index (χ0v) is 22.5. The van der Waals surface area contributed by atoms with E-state index in [2.05, 4.69) is 16.5 Å². The number of nitrogens with one attached hydrogen (secondary N) is 1. The summed E-state index contributed by atoms with van der Waals surface area (Å²) in [7, 11) is 0. The van der Waals surface area contributed by atoms with Crippen LogP contribution in [0.25, 0.3) is 17.0 Å². The van der Waals surface area contributed by atoms with E-state index in [1.807, 2.05) is 60.8 Å². The van der Waals surface area contributed by atoms with Crippen molar-refractivity contribution < 1.29 is 9.18 Å². The summed E-state index contributed by atoms with van der Waals surface area (Å²) in [6, 6.07) is 22.2. The second kappa shape index (κ2) is 10.4. The highest BCUT2D eigenvalue weighted by atomic mass is 32.1. The summed E-state index contributed by atoms with van der Waals surface area (Å²) in [5.74, 6) is -0.772. The molecule has 0 radical (unpaired) electrons. The normalized spacial score (nSPS) is 15.2. The lowest BCUT2D eigenvalue weighted by Gasteiger charge is -2.25. The summed E-state index contributed by atoms with van der Waals surface area (Å²) in [6.07, 6.45) is 5.71. The Morgan fingerprint density at radius 1 is 1.07 bits per heavy atom. The van der Waals surface area contributed by atoms with Gasteiger partial charge in [-0.25, -0.2) is 9.38 Å². The van der Waals surface area contributed by atoms with Crippen molar-refractivity contribution in [1.29, 1.82) is 0 Å². The van der Waals surface area contributed by atoms with Crippen LogP contribution in [0.1, 0.15) is 24.1 Å². The molecular weight excluding hydrogens is 523 g/mol. The molecule has 3 aromatic carbocycles. The number of nitrogens with zero attached hydrogens (tertiary/aromatic N) is 3. The molecule has 1 N–H and O–H groups in total. The minimum atomic E-state index is -0.773. The van der Waals surface area contributed by atoms with Gasteiger partial charge in [0.05, 0.1) is 21.8 Å². The zero-order chi connectivity index (χ0) is 27.8. The van der Waals surface area contributed by atoms with Gasteiger partial charge >= 0.3 is 0 Å². The van der Waals surface area contributed by atoms with Crippen LogP contribution in [-0.4, -0.2) is 15.0 Å². The molecule has 0 saturated heterocycles. The summed E-state index contributed by atoms with van der Waals surface area (Å²) in [5, 5.41) is 3.94. The van der Waals surface area contributed by atoms with Crippen LogP contribution in [0.3, 0.4) is 0 Å². The number of carbonyl (C=O) groups is 1. The lowest BCUT2D eigenvalue weighted by molar-refractivity contribution is -0.113. The van der Waals surface area contributed by atoms with E-state index in [-0.39, 0.29) is 11.5 Å². The maximum absolute atomic E-state index is 14.0. The summed E-state index contributed by atoms with van der Waals surface area (Å²) in [6.45, 7) is 6.25. The van der Waals surface area contributed by atoms with E-state index < -0.39 is 11.9 Å². The molecule has 0 bridgehead atoms. The third kappa shape index (κ3) is 4.52. The quantitative estimate of drug-likeness (QED) is 0.298. The van der Waals surface area contributed by atoms with E-state index in [0.29, 0.717) is 38.4 Å². The predicted molar refractivity (Wildman–Crippen MR) is 157 cm³/mol. The first-order valence-corrected chi connectivity index (χ1v) is 13.6. The Bertz CT molecular complexity index is 1980. The number of allylic oxidation sites excluding steroid dienone is 2. The molecule has 3 heterocycles. The van der Waals surface area contributed by atoms with Crippen LogP contribution in [0.4, 0.5) is 10.1 Å². The van der Waals surface area contributed by atoms with E-state index in [0.717, 1.165) is 16.5 Å². The minimum absolute atomic E-state index is 0.267. The van der Waals surface area contributed by atoms with Gasteiger partial charge in [-0.2, -0.15) is 0 Å². The van der Waals surface area contributed by atoms with Gasteiger partial charge in [-0.05, 0) is 48.9 Å². The van der Waals surface area contributed by atoms with Gasteiger partial charge in [0.15, 0.2) is 4.80 Å². The first-order valence-electron chi connectivity index (χ1n) is 12.8. The van der Waals surface area contributed by atoms with E-state index in [1.54, 1.807) is 35.8 Å². The summed E-state index contributed by atoms with van der Waals surface area (Å²) < 4.78 is 18.0. The zero-order valence-electron chi connectivity index (χ0n) is 21.7. The molecule has 198 valence electrons. The minimum Gasteiger partial charge on any atom is -0.343 e. The first kappa shape index (κ1) is 25.5. The Morgan fingerprint density at radius 2 is 1.80 bits per heavy atom. The SMILES string of the molecule is C=CCn1cc(/C=c2/sc3n(c2=O)C(c2ccc(F)cc2)C(C(=O)Nc2ccccc2)=C(C)N=3)c2ccccc21. The number of fused-ring (bicyclic) bond motifs is 2. The Hall–Kier alpha value is -4.82. The third-order valence-electron chi connectivity index (χ3n) is 6.92. The number of hydrogen-bond acceptors (Lipinski definition) is 4. The smallest absolute Gasteiger partial charge is 0.271 e. The standard InChI is InChI=1S/C32H25FN4O2S/c1-3-17-36-19-22(25-11-7-8-12-26(25)36)18-27-31(39)37-29(21-13-15-23(33)16-14-21)28(20(2)34-32(37)40-27)30(38)35-24-9-5-4-6-10-24/h3-16,18-19,29H,1,17H2,2H3,(H,35,38)/b27-18+. The molecule has 2 aromatic heterocycles. The number of rotatable bonds is 6. The molecule has 1 atom stereocenters. The van der Waals surface area contributed by atoms with Gasteiger partial charge < -0.3 is 9.88 Å². The fourth-order valence-corrected chi connectivity index (χ4v) is 6.15. The molecule has 1 unspecified atom stereocenters. The van der Waals surface area contributed by atoms with Crippen LogP contribution in [-0.2, 0) is 11.3 Å².